The van der Waals surface area contributed by atoms with Crippen molar-refractivity contribution in [3.8, 4) is 0 Å². The van der Waals surface area contributed by atoms with Crippen molar-refractivity contribution in [2.24, 2.45) is 23.7 Å². The number of carbonyl (C=O) groups is 2. The number of amides is 1. The highest BCUT2D eigenvalue weighted by molar-refractivity contribution is 5.85. The molecule has 116 valence electrons. The average molecular weight is 285 g/mol. The van der Waals surface area contributed by atoms with Crippen LogP contribution >= 0.6 is 0 Å². The van der Waals surface area contributed by atoms with Crippen molar-refractivity contribution in [3.63, 3.8) is 0 Å². The molecule has 0 saturated heterocycles. The fourth-order valence-electron chi connectivity index (χ4n) is 2.91. The van der Waals surface area contributed by atoms with Crippen molar-refractivity contribution in [1.82, 2.24) is 5.32 Å². The highest BCUT2D eigenvalue weighted by Crippen LogP contribution is 2.38. The van der Waals surface area contributed by atoms with Crippen molar-refractivity contribution in [1.29, 1.82) is 0 Å². The van der Waals surface area contributed by atoms with Gasteiger partial charge in [0.1, 0.15) is 0 Å². The Labute approximate surface area is 121 Å². The number of carboxylic acids is 1. The summed E-state index contributed by atoms with van der Waals surface area (Å²) < 4.78 is 5.11. The highest BCUT2D eigenvalue weighted by Gasteiger charge is 2.42. The fraction of sp³-hybridized carbons (Fsp3) is 0.867. The molecule has 1 amide bonds. The molecule has 1 fully saturated rings. The Bertz CT molecular complexity index is 343. The second kappa shape index (κ2) is 7.62. The lowest BCUT2D eigenvalue weighted by Gasteiger charge is -2.24. The standard InChI is InChI=1S/C15H27NO4/c1-5-10-6-11(12(7-10)15(18)19)14(17)16-13(8-20-4)9(2)3/h9-13H,5-8H2,1-4H3,(H,16,17)(H,18,19)/t10?,11-,12+,13?/m0/s1. The summed E-state index contributed by atoms with van der Waals surface area (Å²) in [4.78, 5) is 23.7. The van der Waals surface area contributed by atoms with Crippen LogP contribution in [0.3, 0.4) is 0 Å². The van der Waals surface area contributed by atoms with Gasteiger partial charge in [0, 0.05) is 7.11 Å². The van der Waals surface area contributed by atoms with E-state index >= 15 is 0 Å². The Morgan fingerprint density at radius 3 is 2.35 bits per heavy atom. The zero-order valence-corrected chi connectivity index (χ0v) is 12.9. The molecule has 1 saturated carbocycles. The van der Waals surface area contributed by atoms with Crippen molar-refractivity contribution in [3.05, 3.63) is 0 Å². The van der Waals surface area contributed by atoms with Crippen LogP contribution in [0.15, 0.2) is 0 Å². The lowest BCUT2D eigenvalue weighted by Crippen LogP contribution is -2.45. The van der Waals surface area contributed by atoms with Crippen LogP contribution in [0, 0.1) is 23.7 Å². The number of aliphatic carboxylic acids is 1. The second-order valence-corrected chi connectivity index (χ2v) is 6.11. The SMILES string of the molecule is CCC1C[C@H](C(=O)NC(COC)C(C)C)[C@H](C(=O)O)C1. The first-order valence-corrected chi connectivity index (χ1v) is 7.42. The summed E-state index contributed by atoms with van der Waals surface area (Å²) in [5.74, 6) is -1.35. The number of hydrogen-bond donors (Lipinski definition) is 2. The van der Waals surface area contributed by atoms with Gasteiger partial charge in [-0.3, -0.25) is 9.59 Å². The van der Waals surface area contributed by atoms with Crippen LogP contribution in [0.2, 0.25) is 0 Å². The first kappa shape index (κ1) is 17.0. The van der Waals surface area contributed by atoms with Crippen molar-refractivity contribution in [2.45, 2.75) is 46.1 Å². The van der Waals surface area contributed by atoms with E-state index in [1.54, 1.807) is 7.11 Å². The van der Waals surface area contributed by atoms with Gasteiger partial charge in [0.2, 0.25) is 5.91 Å². The lowest BCUT2D eigenvalue weighted by molar-refractivity contribution is -0.146. The van der Waals surface area contributed by atoms with Gasteiger partial charge in [-0.05, 0) is 24.7 Å². The molecular formula is C15H27NO4. The molecule has 2 unspecified atom stereocenters. The third-order valence-corrected chi connectivity index (χ3v) is 4.37. The maximum absolute atomic E-state index is 12.4. The van der Waals surface area contributed by atoms with E-state index in [9.17, 15) is 14.7 Å². The van der Waals surface area contributed by atoms with E-state index in [1.807, 2.05) is 20.8 Å². The molecule has 0 aliphatic heterocycles. The molecule has 5 heteroatoms. The van der Waals surface area contributed by atoms with Crippen molar-refractivity contribution < 1.29 is 19.4 Å². The van der Waals surface area contributed by atoms with Gasteiger partial charge in [-0.1, -0.05) is 27.2 Å². The van der Waals surface area contributed by atoms with Crippen LogP contribution < -0.4 is 5.32 Å². The Morgan fingerprint density at radius 2 is 1.90 bits per heavy atom. The third kappa shape index (κ3) is 4.20. The van der Waals surface area contributed by atoms with E-state index in [0.29, 0.717) is 25.4 Å². The van der Waals surface area contributed by atoms with Gasteiger partial charge in [0.25, 0.3) is 0 Å². The Hall–Kier alpha value is -1.10. The number of carboxylic acid groups (broad SMARTS) is 1. The lowest BCUT2D eigenvalue weighted by atomic mass is 9.94. The topological polar surface area (TPSA) is 75.6 Å². The Kier molecular flexibility index (Phi) is 6.46. The molecule has 1 rings (SSSR count). The summed E-state index contributed by atoms with van der Waals surface area (Å²) in [6.45, 7) is 6.53. The third-order valence-electron chi connectivity index (χ3n) is 4.37. The summed E-state index contributed by atoms with van der Waals surface area (Å²) in [7, 11) is 1.60. The molecule has 0 radical (unpaired) electrons. The molecule has 20 heavy (non-hydrogen) atoms. The van der Waals surface area contributed by atoms with E-state index in [2.05, 4.69) is 5.32 Å². The molecule has 0 heterocycles. The molecule has 0 aromatic carbocycles. The van der Waals surface area contributed by atoms with Gasteiger partial charge in [-0.25, -0.2) is 0 Å². The van der Waals surface area contributed by atoms with E-state index in [-0.39, 0.29) is 17.9 Å². The number of methoxy groups -OCH3 is 1. The molecule has 2 N–H and O–H groups in total. The summed E-state index contributed by atoms with van der Waals surface area (Å²) in [5.41, 5.74) is 0. The largest absolute Gasteiger partial charge is 0.481 e. The molecule has 1 aliphatic carbocycles. The maximum Gasteiger partial charge on any atom is 0.307 e. The van der Waals surface area contributed by atoms with E-state index in [1.165, 1.54) is 0 Å². The molecule has 0 aromatic heterocycles. The predicted molar refractivity (Wildman–Crippen MR) is 76.3 cm³/mol. The minimum absolute atomic E-state index is 0.0670. The molecule has 1 aliphatic rings. The molecule has 0 bridgehead atoms. The number of carbonyl (C=O) groups excluding carboxylic acids is 1. The maximum atomic E-state index is 12.4. The summed E-state index contributed by atoms with van der Waals surface area (Å²) in [5, 5.41) is 12.2. The number of ether oxygens (including phenoxy) is 1. The highest BCUT2D eigenvalue weighted by atomic mass is 16.5. The van der Waals surface area contributed by atoms with Gasteiger partial charge < -0.3 is 15.2 Å². The van der Waals surface area contributed by atoms with Crippen LogP contribution in [0.1, 0.15) is 40.0 Å². The molecule has 0 spiro atoms. The summed E-state index contributed by atoms with van der Waals surface area (Å²) in [6.07, 6.45) is 2.22. The van der Waals surface area contributed by atoms with E-state index in [0.717, 1.165) is 6.42 Å². The van der Waals surface area contributed by atoms with E-state index < -0.39 is 17.8 Å². The van der Waals surface area contributed by atoms with Gasteiger partial charge in [0.05, 0.1) is 24.5 Å². The molecule has 0 aromatic rings. The minimum Gasteiger partial charge on any atom is -0.481 e. The molecule has 4 atom stereocenters. The zero-order chi connectivity index (χ0) is 15.3. The van der Waals surface area contributed by atoms with E-state index in [4.69, 9.17) is 4.74 Å². The van der Waals surface area contributed by atoms with Crippen molar-refractivity contribution in [2.75, 3.05) is 13.7 Å². The molecule has 5 nitrogen and oxygen atoms in total. The van der Waals surface area contributed by atoms with Gasteiger partial charge >= 0.3 is 5.97 Å². The fourth-order valence-corrected chi connectivity index (χ4v) is 2.91. The monoisotopic (exact) mass is 285 g/mol. The normalized spacial score (nSPS) is 27.6. The van der Waals surface area contributed by atoms with Gasteiger partial charge in [-0.15, -0.1) is 0 Å². The average Bonchev–Trinajstić information content (AvgIpc) is 2.82. The van der Waals surface area contributed by atoms with Gasteiger partial charge in [-0.2, -0.15) is 0 Å². The van der Waals surface area contributed by atoms with Crippen molar-refractivity contribution >= 4 is 11.9 Å². The van der Waals surface area contributed by atoms with Crippen LogP contribution in [0.4, 0.5) is 0 Å². The number of rotatable bonds is 7. The summed E-state index contributed by atoms with van der Waals surface area (Å²) >= 11 is 0. The number of nitrogens with one attached hydrogen (secondary N) is 1. The predicted octanol–water partition coefficient (Wildman–Crippen LogP) is 1.91. The van der Waals surface area contributed by atoms with Crippen LogP contribution in [-0.2, 0) is 14.3 Å². The first-order valence-electron chi connectivity index (χ1n) is 7.42. The molecular weight excluding hydrogens is 258 g/mol. The Morgan fingerprint density at radius 1 is 1.30 bits per heavy atom. The zero-order valence-electron chi connectivity index (χ0n) is 12.9. The second-order valence-electron chi connectivity index (χ2n) is 6.11. The van der Waals surface area contributed by atoms with Crippen LogP contribution in [-0.4, -0.2) is 36.7 Å². The summed E-state index contributed by atoms with van der Waals surface area (Å²) in [6, 6.07) is -0.0670. The minimum atomic E-state index is -0.853. The number of hydrogen-bond acceptors (Lipinski definition) is 3. The van der Waals surface area contributed by atoms with Crippen LogP contribution in [0.25, 0.3) is 0 Å². The first-order chi connectivity index (χ1) is 9.40. The van der Waals surface area contributed by atoms with Gasteiger partial charge in [0.15, 0.2) is 0 Å². The Balaban J connectivity index is 2.71. The smallest absolute Gasteiger partial charge is 0.307 e. The quantitative estimate of drug-likeness (QED) is 0.749. The van der Waals surface area contributed by atoms with Crippen LogP contribution in [0.5, 0.6) is 0 Å².